The first kappa shape index (κ1) is 12.9. The maximum atomic E-state index is 11.6. The summed E-state index contributed by atoms with van der Waals surface area (Å²) in [5.74, 6) is 0.969. The topological polar surface area (TPSA) is 73.9 Å². The third-order valence-electron chi connectivity index (χ3n) is 4.07. The minimum Gasteiger partial charge on any atom is -0.365 e. The number of hydrogen-bond donors (Lipinski definition) is 2. The molecule has 2 atom stereocenters. The van der Waals surface area contributed by atoms with Crippen molar-refractivity contribution in [2.24, 2.45) is 0 Å². The number of hydrogen-bond acceptors (Lipinski definition) is 4. The highest BCUT2D eigenvalue weighted by atomic mass is 16.2. The van der Waals surface area contributed by atoms with Gasteiger partial charge in [-0.2, -0.15) is 0 Å². The number of aromatic nitrogens is 3. The molecule has 2 N–H and O–H groups in total. The smallest absolute Gasteiger partial charge is 0.219 e. The van der Waals surface area contributed by atoms with Gasteiger partial charge >= 0.3 is 0 Å². The minimum absolute atomic E-state index is 0.137. The van der Waals surface area contributed by atoms with E-state index in [1.54, 1.807) is 13.3 Å². The summed E-state index contributed by atoms with van der Waals surface area (Å²) < 4.78 is 0. The maximum Gasteiger partial charge on any atom is 0.219 e. The average molecular weight is 273 g/mol. The SMILES string of the molecule is CC(=O)N1CCC[C@H](Nc2ncnc3[nH]ccc23)[C@H]1C. The molecule has 0 radical (unpaired) electrons. The monoisotopic (exact) mass is 273 g/mol. The Bertz CT molecular complexity index is 623. The third kappa shape index (κ3) is 2.21. The second-order valence-corrected chi connectivity index (χ2v) is 5.31. The van der Waals surface area contributed by atoms with Crippen LogP contribution in [0.3, 0.4) is 0 Å². The summed E-state index contributed by atoms with van der Waals surface area (Å²) >= 11 is 0. The molecule has 6 nitrogen and oxygen atoms in total. The Hall–Kier alpha value is -2.11. The van der Waals surface area contributed by atoms with E-state index in [-0.39, 0.29) is 18.0 Å². The van der Waals surface area contributed by atoms with E-state index in [0.29, 0.717) is 0 Å². The highest BCUT2D eigenvalue weighted by Gasteiger charge is 2.29. The predicted molar refractivity (Wildman–Crippen MR) is 77.4 cm³/mol. The van der Waals surface area contributed by atoms with Crippen LogP contribution in [-0.4, -0.2) is 44.4 Å². The molecule has 2 aromatic rings. The summed E-state index contributed by atoms with van der Waals surface area (Å²) in [5.41, 5.74) is 0.828. The molecule has 1 saturated heterocycles. The Labute approximate surface area is 117 Å². The van der Waals surface area contributed by atoms with Gasteiger partial charge in [-0.25, -0.2) is 9.97 Å². The van der Waals surface area contributed by atoms with Gasteiger partial charge in [0.05, 0.1) is 5.39 Å². The van der Waals surface area contributed by atoms with Crippen LogP contribution in [0.1, 0.15) is 26.7 Å². The molecule has 1 fully saturated rings. The highest BCUT2D eigenvalue weighted by molar-refractivity contribution is 5.86. The normalized spacial score (nSPS) is 23.0. The van der Waals surface area contributed by atoms with Gasteiger partial charge < -0.3 is 15.2 Å². The number of carbonyl (C=O) groups excluding carboxylic acids is 1. The lowest BCUT2D eigenvalue weighted by Crippen LogP contribution is -2.51. The van der Waals surface area contributed by atoms with Crippen LogP contribution < -0.4 is 5.32 Å². The van der Waals surface area contributed by atoms with Crippen LogP contribution in [0.25, 0.3) is 11.0 Å². The lowest BCUT2D eigenvalue weighted by atomic mass is 9.97. The molecule has 0 saturated carbocycles. The maximum absolute atomic E-state index is 11.6. The van der Waals surface area contributed by atoms with Gasteiger partial charge in [0.2, 0.25) is 5.91 Å². The number of fused-ring (bicyclic) bond motifs is 1. The molecule has 6 heteroatoms. The number of piperidine rings is 1. The number of anilines is 1. The van der Waals surface area contributed by atoms with Gasteiger partial charge in [-0.1, -0.05) is 0 Å². The van der Waals surface area contributed by atoms with Crippen molar-refractivity contribution in [1.82, 2.24) is 19.9 Å². The van der Waals surface area contributed by atoms with E-state index < -0.39 is 0 Å². The second-order valence-electron chi connectivity index (χ2n) is 5.31. The fraction of sp³-hybridized carbons (Fsp3) is 0.500. The van der Waals surface area contributed by atoms with Gasteiger partial charge in [0, 0.05) is 31.7 Å². The molecule has 0 bridgehead atoms. The van der Waals surface area contributed by atoms with E-state index in [0.717, 1.165) is 36.2 Å². The molecule has 1 aliphatic rings. The lowest BCUT2D eigenvalue weighted by molar-refractivity contribution is -0.132. The Kier molecular flexibility index (Phi) is 3.30. The zero-order valence-electron chi connectivity index (χ0n) is 11.8. The van der Waals surface area contributed by atoms with E-state index in [4.69, 9.17) is 0 Å². The lowest BCUT2D eigenvalue weighted by Gasteiger charge is -2.39. The molecule has 2 aromatic heterocycles. The summed E-state index contributed by atoms with van der Waals surface area (Å²) in [6.07, 6.45) is 5.47. The van der Waals surface area contributed by atoms with Crippen LogP contribution in [0.15, 0.2) is 18.6 Å². The number of rotatable bonds is 2. The Morgan fingerprint density at radius 2 is 2.35 bits per heavy atom. The van der Waals surface area contributed by atoms with Crippen LogP contribution in [-0.2, 0) is 4.79 Å². The summed E-state index contributed by atoms with van der Waals surface area (Å²) in [7, 11) is 0. The Morgan fingerprint density at radius 1 is 1.50 bits per heavy atom. The number of carbonyl (C=O) groups is 1. The van der Waals surface area contributed by atoms with Crippen molar-refractivity contribution >= 4 is 22.8 Å². The van der Waals surface area contributed by atoms with E-state index in [2.05, 4.69) is 27.2 Å². The van der Waals surface area contributed by atoms with Gasteiger partial charge in [-0.05, 0) is 25.8 Å². The molecule has 1 amide bonds. The van der Waals surface area contributed by atoms with Crippen LogP contribution in [0.2, 0.25) is 0 Å². The summed E-state index contributed by atoms with van der Waals surface area (Å²) in [6, 6.07) is 2.36. The highest BCUT2D eigenvalue weighted by Crippen LogP contribution is 2.24. The van der Waals surface area contributed by atoms with Gasteiger partial charge in [0.25, 0.3) is 0 Å². The van der Waals surface area contributed by atoms with E-state index in [9.17, 15) is 4.79 Å². The van der Waals surface area contributed by atoms with Crippen molar-refractivity contribution in [2.75, 3.05) is 11.9 Å². The number of nitrogens with zero attached hydrogens (tertiary/aromatic N) is 3. The summed E-state index contributed by atoms with van der Waals surface area (Å²) in [4.78, 5) is 25.2. The molecular formula is C14H19N5O. The number of nitrogens with one attached hydrogen (secondary N) is 2. The number of likely N-dealkylation sites (tertiary alicyclic amines) is 1. The van der Waals surface area contributed by atoms with E-state index >= 15 is 0 Å². The number of amides is 1. The first-order valence-electron chi connectivity index (χ1n) is 6.98. The van der Waals surface area contributed by atoms with Crippen molar-refractivity contribution in [1.29, 1.82) is 0 Å². The standard InChI is InChI=1S/C14H19N5O/c1-9-12(4-3-7-19(9)10(2)20)18-14-11-5-6-15-13(11)16-8-17-14/h5-6,8-9,12H,3-4,7H2,1-2H3,(H2,15,16,17,18)/t9-,12+/m1/s1. The Morgan fingerprint density at radius 3 is 3.15 bits per heavy atom. The third-order valence-corrected chi connectivity index (χ3v) is 4.07. The van der Waals surface area contributed by atoms with Gasteiger partial charge in [-0.15, -0.1) is 0 Å². The van der Waals surface area contributed by atoms with Crippen molar-refractivity contribution in [2.45, 2.75) is 38.8 Å². The molecule has 106 valence electrons. The Balaban J connectivity index is 1.83. The van der Waals surface area contributed by atoms with Gasteiger partial charge in [0.15, 0.2) is 0 Å². The molecule has 0 spiro atoms. The first-order chi connectivity index (χ1) is 9.66. The van der Waals surface area contributed by atoms with Crippen LogP contribution in [0.4, 0.5) is 5.82 Å². The van der Waals surface area contributed by atoms with Crippen molar-refractivity contribution < 1.29 is 4.79 Å². The summed E-state index contributed by atoms with van der Waals surface area (Å²) in [5, 5.41) is 4.47. The van der Waals surface area contributed by atoms with Crippen molar-refractivity contribution in [3.05, 3.63) is 18.6 Å². The quantitative estimate of drug-likeness (QED) is 0.874. The van der Waals surface area contributed by atoms with E-state index in [1.807, 2.05) is 17.2 Å². The number of H-pyrrole nitrogens is 1. The molecule has 0 aliphatic carbocycles. The zero-order chi connectivity index (χ0) is 14.1. The molecule has 1 aliphatic heterocycles. The fourth-order valence-electron chi connectivity index (χ4n) is 2.94. The zero-order valence-corrected chi connectivity index (χ0v) is 11.8. The molecule has 20 heavy (non-hydrogen) atoms. The van der Waals surface area contributed by atoms with Gasteiger partial charge in [0.1, 0.15) is 17.8 Å². The molecular weight excluding hydrogens is 254 g/mol. The van der Waals surface area contributed by atoms with Crippen LogP contribution in [0.5, 0.6) is 0 Å². The average Bonchev–Trinajstić information content (AvgIpc) is 2.90. The number of aromatic amines is 1. The minimum atomic E-state index is 0.137. The summed E-state index contributed by atoms with van der Waals surface area (Å²) in [6.45, 7) is 4.57. The van der Waals surface area contributed by atoms with Crippen molar-refractivity contribution in [3.63, 3.8) is 0 Å². The molecule has 0 aromatic carbocycles. The van der Waals surface area contributed by atoms with Crippen LogP contribution >= 0.6 is 0 Å². The molecule has 3 rings (SSSR count). The first-order valence-corrected chi connectivity index (χ1v) is 6.98. The largest absolute Gasteiger partial charge is 0.365 e. The van der Waals surface area contributed by atoms with Crippen LogP contribution in [0, 0.1) is 0 Å². The molecule has 0 unspecified atom stereocenters. The second kappa shape index (κ2) is 5.11. The van der Waals surface area contributed by atoms with Crippen molar-refractivity contribution in [3.8, 4) is 0 Å². The van der Waals surface area contributed by atoms with Gasteiger partial charge in [-0.3, -0.25) is 4.79 Å². The fourth-order valence-corrected chi connectivity index (χ4v) is 2.94. The van der Waals surface area contributed by atoms with E-state index in [1.165, 1.54) is 0 Å². The molecule has 3 heterocycles. The predicted octanol–water partition coefficient (Wildman–Crippen LogP) is 1.77.